The van der Waals surface area contributed by atoms with E-state index in [9.17, 15) is 0 Å². The van der Waals surface area contributed by atoms with Crippen LogP contribution < -0.4 is 11.1 Å². The van der Waals surface area contributed by atoms with Crippen molar-refractivity contribution in [2.75, 3.05) is 45.9 Å². The number of aliphatic hydroxyl groups is 2. The first kappa shape index (κ1) is 14.9. The lowest BCUT2D eigenvalue weighted by Gasteiger charge is -2.38. The van der Waals surface area contributed by atoms with Crippen molar-refractivity contribution in [1.82, 2.24) is 10.2 Å². The Morgan fingerprint density at radius 1 is 1.18 bits per heavy atom. The fraction of sp³-hybridized carbons (Fsp3) is 1.00. The van der Waals surface area contributed by atoms with E-state index < -0.39 is 0 Å². The second-order valence-electron chi connectivity index (χ2n) is 4.72. The minimum atomic E-state index is 0.145. The van der Waals surface area contributed by atoms with Crippen LogP contribution in [0.5, 0.6) is 0 Å². The van der Waals surface area contributed by atoms with Gasteiger partial charge in [-0.2, -0.15) is 0 Å². The van der Waals surface area contributed by atoms with E-state index in [4.69, 9.17) is 15.9 Å². The van der Waals surface area contributed by atoms with Gasteiger partial charge in [0.25, 0.3) is 0 Å². The molecule has 1 unspecified atom stereocenters. The second kappa shape index (κ2) is 8.83. The van der Waals surface area contributed by atoms with Gasteiger partial charge in [0.2, 0.25) is 0 Å². The van der Waals surface area contributed by atoms with Gasteiger partial charge in [-0.05, 0) is 44.8 Å². The summed E-state index contributed by atoms with van der Waals surface area (Å²) in [6.07, 6.45) is 3.28. The van der Waals surface area contributed by atoms with Gasteiger partial charge in [-0.3, -0.25) is 4.90 Å². The highest BCUT2D eigenvalue weighted by Crippen LogP contribution is 2.23. The Bertz CT molecular complexity index is 181. The summed E-state index contributed by atoms with van der Waals surface area (Å²) in [6.45, 7) is 4.36. The molecule has 1 heterocycles. The van der Waals surface area contributed by atoms with Crippen molar-refractivity contribution in [3.8, 4) is 0 Å². The van der Waals surface area contributed by atoms with E-state index in [1.807, 2.05) is 0 Å². The average molecular weight is 245 g/mol. The zero-order valence-corrected chi connectivity index (χ0v) is 10.6. The summed E-state index contributed by atoms with van der Waals surface area (Å²) in [7, 11) is 0. The molecule has 5 heteroatoms. The third-order valence-corrected chi connectivity index (χ3v) is 3.63. The van der Waals surface area contributed by atoms with Crippen LogP contribution in [0.2, 0.25) is 0 Å². The maximum absolute atomic E-state index is 9.11. The van der Waals surface area contributed by atoms with Crippen LogP contribution >= 0.6 is 0 Å². The molecule has 1 atom stereocenters. The van der Waals surface area contributed by atoms with Crippen molar-refractivity contribution in [3.05, 3.63) is 0 Å². The quantitative estimate of drug-likeness (QED) is 0.440. The number of piperidine rings is 1. The van der Waals surface area contributed by atoms with Gasteiger partial charge in [-0.1, -0.05) is 0 Å². The second-order valence-corrected chi connectivity index (χ2v) is 4.72. The molecule has 0 saturated carbocycles. The van der Waals surface area contributed by atoms with Crippen LogP contribution in [-0.4, -0.2) is 67.1 Å². The number of aliphatic hydroxyl groups excluding tert-OH is 2. The van der Waals surface area contributed by atoms with Gasteiger partial charge < -0.3 is 21.3 Å². The molecule has 5 N–H and O–H groups in total. The molecular weight excluding hydrogens is 218 g/mol. The molecule has 1 aliphatic rings. The smallest absolute Gasteiger partial charge is 0.0558 e. The predicted molar refractivity (Wildman–Crippen MR) is 68.8 cm³/mol. The van der Waals surface area contributed by atoms with Crippen LogP contribution in [0.3, 0.4) is 0 Å². The van der Waals surface area contributed by atoms with Gasteiger partial charge in [0, 0.05) is 19.1 Å². The first-order chi connectivity index (χ1) is 8.33. The van der Waals surface area contributed by atoms with Gasteiger partial charge in [0.05, 0.1) is 13.2 Å². The van der Waals surface area contributed by atoms with Crippen molar-refractivity contribution in [3.63, 3.8) is 0 Å². The maximum Gasteiger partial charge on any atom is 0.0558 e. The van der Waals surface area contributed by atoms with Crippen LogP contribution in [-0.2, 0) is 0 Å². The lowest BCUT2D eigenvalue weighted by atomic mass is 9.87. The third kappa shape index (κ3) is 4.89. The van der Waals surface area contributed by atoms with Crippen LogP contribution in [0, 0.1) is 5.92 Å². The molecule has 0 spiro atoms. The van der Waals surface area contributed by atoms with E-state index in [1.165, 1.54) is 0 Å². The normalized spacial score (nSPS) is 19.8. The Hall–Kier alpha value is -0.200. The Kier molecular flexibility index (Phi) is 7.72. The molecule has 0 radical (unpaired) electrons. The van der Waals surface area contributed by atoms with Gasteiger partial charge in [0.1, 0.15) is 0 Å². The first-order valence-electron chi connectivity index (χ1n) is 6.70. The molecule has 102 valence electrons. The van der Waals surface area contributed by atoms with Crippen LogP contribution in [0.25, 0.3) is 0 Å². The lowest BCUT2D eigenvalue weighted by molar-refractivity contribution is 0.0756. The SMILES string of the molecule is NCCC(C1CCNCC1)N(CCO)CCO. The standard InChI is InChI=1S/C12H27N3O2/c13-4-1-12(11-2-5-14-6-3-11)15(7-9-16)8-10-17/h11-12,14,16-17H,1-10,13H2. The molecule has 0 aromatic heterocycles. The fourth-order valence-corrected chi connectivity index (χ4v) is 2.82. The molecule has 5 nitrogen and oxygen atoms in total. The topological polar surface area (TPSA) is 81.8 Å². The van der Waals surface area contributed by atoms with E-state index in [2.05, 4.69) is 10.2 Å². The summed E-state index contributed by atoms with van der Waals surface area (Å²) in [5, 5.41) is 21.6. The predicted octanol–water partition coefficient (Wildman–Crippen LogP) is -1.01. The van der Waals surface area contributed by atoms with Gasteiger partial charge in [-0.25, -0.2) is 0 Å². The summed E-state index contributed by atoms with van der Waals surface area (Å²) < 4.78 is 0. The summed E-state index contributed by atoms with van der Waals surface area (Å²) in [5.74, 6) is 0.637. The molecular formula is C12H27N3O2. The molecule has 0 aliphatic carbocycles. The number of nitrogens with zero attached hydrogens (tertiary/aromatic N) is 1. The zero-order chi connectivity index (χ0) is 12.5. The van der Waals surface area contributed by atoms with Crippen LogP contribution in [0.15, 0.2) is 0 Å². The minimum Gasteiger partial charge on any atom is -0.395 e. The zero-order valence-electron chi connectivity index (χ0n) is 10.6. The summed E-state index contributed by atoms with van der Waals surface area (Å²) in [4.78, 5) is 2.20. The van der Waals surface area contributed by atoms with E-state index in [0.29, 0.717) is 31.6 Å². The molecule has 1 rings (SSSR count). The van der Waals surface area contributed by atoms with Crippen molar-refractivity contribution in [2.45, 2.75) is 25.3 Å². The van der Waals surface area contributed by atoms with Gasteiger partial charge >= 0.3 is 0 Å². The van der Waals surface area contributed by atoms with Crippen molar-refractivity contribution >= 4 is 0 Å². The Labute approximate surface area is 104 Å². The molecule has 1 aliphatic heterocycles. The Morgan fingerprint density at radius 2 is 1.76 bits per heavy atom. The largest absolute Gasteiger partial charge is 0.395 e. The van der Waals surface area contributed by atoms with Crippen molar-refractivity contribution in [1.29, 1.82) is 0 Å². The van der Waals surface area contributed by atoms with Gasteiger partial charge in [0.15, 0.2) is 0 Å². The number of hydrogen-bond acceptors (Lipinski definition) is 5. The molecule has 0 aromatic carbocycles. The monoisotopic (exact) mass is 245 g/mol. The molecule has 0 bridgehead atoms. The number of nitrogens with two attached hydrogens (primary N) is 1. The van der Waals surface area contributed by atoms with E-state index in [1.54, 1.807) is 0 Å². The maximum atomic E-state index is 9.11. The van der Waals surface area contributed by atoms with Gasteiger partial charge in [-0.15, -0.1) is 0 Å². The van der Waals surface area contributed by atoms with Crippen molar-refractivity contribution < 1.29 is 10.2 Å². The molecule has 17 heavy (non-hydrogen) atoms. The Morgan fingerprint density at radius 3 is 2.24 bits per heavy atom. The Balaban J connectivity index is 2.58. The minimum absolute atomic E-state index is 0.145. The molecule has 0 aromatic rings. The fourth-order valence-electron chi connectivity index (χ4n) is 2.82. The van der Waals surface area contributed by atoms with E-state index >= 15 is 0 Å². The number of nitrogens with one attached hydrogen (secondary N) is 1. The average Bonchev–Trinajstić information content (AvgIpc) is 2.37. The lowest BCUT2D eigenvalue weighted by Crippen LogP contribution is -2.47. The molecule has 1 saturated heterocycles. The van der Waals surface area contributed by atoms with E-state index in [-0.39, 0.29) is 13.2 Å². The van der Waals surface area contributed by atoms with Crippen LogP contribution in [0.4, 0.5) is 0 Å². The highest BCUT2D eigenvalue weighted by molar-refractivity contribution is 4.83. The summed E-state index contributed by atoms with van der Waals surface area (Å²) in [6, 6.07) is 0.404. The molecule has 0 amide bonds. The van der Waals surface area contributed by atoms with E-state index in [0.717, 1.165) is 32.4 Å². The number of hydrogen-bond donors (Lipinski definition) is 4. The first-order valence-corrected chi connectivity index (χ1v) is 6.70. The summed E-state index contributed by atoms with van der Waals surface area (Å²) >= 11 is 0. The summed E-state index contributed by atoms with van der Waals surface area (Å²) in [5.41, 5.74) is 5.70. The highest BCUT2D eigenvalue weighted by Gasteiger charge is 2.27. The highest BCUT2D eigenvalue weighted by atomic mass is 16.3. The molecule has 1 fully saturated rings. The van der Waals surface area contributed by atoms with Crippen LogP contribution in [0.1, 0.15) is 19.3 Å². The third-order valence-electron chi connectivity index (χ3n) is 3.63. The van der Waals surface area contributed by atoms with Crippen molar-refractivity contribution in [2.24, 2.45) is 11.7 Å². The number of rotatable bonds is 8.